The molecule has 0 fully saturated rings. The minimum Gasteiger partial charge on any atom is -0.496 e. The molecule has 0 amide bonds. The third kappa shape index (κ3) is 3.11. The standard InChI is InChI=1S/C22H28N4O2/c1-7-26-17-12-22(4,5)9-8-16(17)18(24-26)20-23-21(28-25-20)15-10-13(2)19(27-6)14(3)11-15/h10-11H,7-9,12H2,1-6H3. The van der Waals surface area contributed by atoms with Crippen molar-refractivity contribution < 1.29 is 9.26 Å². The van der Waals surface area contributed by atoms with E-state index in [1.54, 1.807) is 7.11 Å². The highest BCUT2D eigenvalue weighted by Gasteiger charge is 2.32. The zero-order valence-corrected chi connectivity index (χ0v) is 17.6. The molecule has 2 heterocycles. The van der Waals surface area contributed by atoms with E-state index in [4.69, 9.17) is 14.4 Å². The lowest BCUT2D eigenvalue weighted by Crippen LogP contribution is -2.24. The number of nitrogens with zero attached hydrogens (tertiary/aromatic N) is 4. The highest BCUT2D eigenvalue weighted by atomic mass is 16.5. The summed E-state index contributed by atoms with van der Waals surface area (Å²) >= 11 is 0. The van der Waals surface area contributed by atoms with Gasteiger partial charge in [-0.2, -0.15) is 10.1 Å². The monoisotopic (exact) mass is 380 g/mol. The predicted molar refractivity (Wildman–Crippen MR) is 108 cm³/mol. The van der Waals surface area contributed by atoms with E-state index in [-0.39, 0.29) is 0 Å². The van der Waals surface area contributed by atoms with E-state index in [0.717, 1.165) is 53.9 Å². The van der Waals surface area contributed by atoms with E-state index in [2.05, 4.69) is 35.6 Å². The molecule has 0 bridgehead atoms. The minimum atomic E-state index is 0.303. The van der Waals surface area contributed by atoms with Gasteiger partial charge in [-0.3, -0.25) is 4.68 Å². The molecule has 2 aromatic heterocycles. The normalized spacial score (nSPS) is 15.5. The van der Waals surface area contributed by atoms with Gasteiger partial charge in [0.05, 0.1) is 7.11 Å². The van der Waals surface area contributed by atoms with Crippen molar-refractivity contribution >= 4 is 0 Å². The Morgan fingerprint density at radius 1 is 1.21 bits per heavy atom. The second-order valence-electron chi connectivity index (χ2n) is 8.50. The van der Waals surface area contributed by atoms with Crippen LogP contribution in [-0.4, -0.2) is 27.0 Å². The van der Waals surface area contributed by atoms with Gasteiger partial charge in [-0.05, 0) is 68.7 Å². The van der Waals surface area contributed by atoms with Crippen molar-refractivity contribution in [2.75, 3.05) is 7.11 Å². The minimum absolute atomic E-state index is 0.303. The molecule has 6 heteroatoms. The summed E-state index contributed by atoms with van der Waals surface area (Å²) in [7, 11) is 1.69. The Balaban J connectivity index is 1.74. The van der Waals surface area contributed by atoms with E-state index in [1.807, 2.05) is 26.0 Å². The van der Waals surface area contributed by atoms with Crippen LogP contribution in [0.25, 0.3) is 23.0 Å². The van der Waals surface area contributed by atoms with Crippen LogP contribution in [0, 0.1) is 19.3 Å². The van der Waals surface area contributed by atoms with Gasteiger partial charge in [0, 0.05) is 23.4 Å². The van der Waals surface area contributed by atoms with Crippen LogP contribution in [0.2, 0.25) is 0 Å². The maximum Gasteiger partial charge on any atom is 0.258 e. The molecule has 0 unspecified atom stereocenters. The first kappa shape index (κ1) is 18.7. The number of benzene rings is 1. The van der Waals surface area contributed by atoms with E-state index >= 15 is 0 Å². The predicted octanol–water partition coefficient (Wildman–Crippen LogP) is 4.76. The Morgan fingerprint density at radius 3 is 2.57 bits per heavy atom. The average molecular weight is 380 g/mol. The molecule has 6 nitrogen and oxygen atoms in total. The van der Waals surface area contributed by atoms with E-state index in [1.165, 1.54) is 11.3 Å². The van der Waals surface area contributed by atoms with Crippen molar-refractivity contribution in [3.8, 4) is 28.7 Å². The smallest absolute Gasteiger partial charge is 0.258 e. The lowest BCUT2D eigenvalue weighted by atomic mass is 9.76. The van der Waals surface area contributed by atoms with Crippen LogP contribution in [0.5, 0.6) is 5.75 Å². The highest BCUT2D eigenvalue weighted by Crippen LogP contribution is 2.39. The average Bonchev–Trinajstić information content (AvgIpc) is 3.24. The van der Waals surface area contributed by atoms with Crippen LogP contribution in [0.4, 0.5) is 0 Å². The zero-order chi connectivity index (χ0) is 20.1. The number of rotatable bonds is 4. The van der Waals surface area contributed by atoms with Crippen molar-refractivity contribution in [3.63, 3.8) is 0 Å². The third-order valence-electron chi connectivity index (χ3n) is 5.71. The Morgan fingerprint density at radius 2 is 1.93 bits per heavy atom. The largest absolute Gasteiger partial charge is 0.496 e. The van der Waals surface area contributed by atoms with Crippen molar-refractivity contribution in [3.05, 3.63) is 34.5 Å². The molecule has 0 radical (unpaired) electrons. The molecule has 4 rings (SSSR count). The number of hydrogen-bond acceptors (Lipinski definition) is 5. The van der Waals surface area contributed by atoms with Crippen LogP contribution >= 0.6 is 0 Å². The van der Waals surface area contributed by atoms with Crippen LogP contribution in [-0.2, 0) is 19.4 Å². The fraction of sp³-hybridized carbons (Fsp3) is 0.500. The molecule has 3 aromatic rings. The summed E-state index contributed by atoms with van der Waals surface area (Å²) in [4.78, 5) is 4.69. The fourth-order valence-corrected chi connectivity index (χ4v) is 4.27. The molecule has 0 spiro atoms. The summed E-state index contributed by atoms with van der Waals surface area (Å²) in [5.41, 5.74) is 6.76. The maximum absolute atomic E-state index is 5.61. The van der Waals surface area contributed by atoms with Gasteiger partial charge in [-0.25, -0.2) is 0 Å². The van der Waals surface area contributed by atoms with Crippen LogP contribution in [0.15, 0.2) is 16.7 Å². The molecule has 0 atom stereocenters. The summed E-state index contributed by atoms with van der Waals surface area (Å²) in [6.45, 7) is 11.7. The molecule has 0 aliphatic heterocycles. The zero-order valence-electron chi connectivity index (χ0n) is 17.6. The van der Waals surface area contributed by atoms with Crippen molar-refractivity contribution in [1.82, 2.24) is 19.9 Å². The maximum atomic E-state index is 5.61. The Kier molecular flexibility index (Phi) is 4.52. The third-order valence-corrected chi connectivity index (χ3v) is 5.71. The van der Waals surface area contributed by atoms with Crippen molar-refractivity contribution in [2.24, 2.45) is 5.41 Å². The first-order chi connectivity index (χ1) is 13.3. The molecule has 1 aromatic carbocycles. The summed E-state index contributed by atoms with van der Waals surface area (Å²) in [6, 6.07) is 4.04. The molecule has 0 saturated carbocycles. The Labute approximate surface area is 165 Å². The van der Waals surface area contributed by atoms with Crippen LogP contribution in [0.3, 0.4) is 0 Å². The molecule has 148 valence electrons. The van der Waals surface area contributed by atoms with Gasteiger partial charge in [0.2, 0.25) is 5.82 Å². The summed E-state index contributed by atoms with van der Waals surface area (Å²) in [6.07, 6.45) is 3.18. The van der Waals surface area contributed by atoms with E-state index < -0.39 is 0 Å². The second-order valence-corrected chi connectivity index (χ2v) is 8.50. The van der Waals surface area contributed by atoms with E-state index in [9.17, 15) is 0 Å². The molecule has 1 aliphatic rings. The second kappa shape index (κ2) is 6.76. The number of aromatic nitrogens is 4. The van der Waals surface area contributed by atoms with Gasteiger partial charge in [0.1, 0.15) is 11.4 Å². The summed E-state index contributed by atoms with van der Waals surface area (Å²) in [5.74, 6) is 1.98. The molecule has 0 N–H and O–H groups in total. The summed E-state index contributed by atoms with van der Waals surface area (Å²) in [5, 5.41) is 9.09. The first-order valence-corrected chi connectivity index (χ1v) is 9.91. The van der Waals surface area contributed by atoms with Gasteiger partial charge in [0.15, 0.2) is 0 Å². The summed E-state index contributed by atoms with van der Waals surface area (Å²) < 4.78 is 13.2. The lowest BCUT2D eigenvalue weighted by molar-refractivity contribution is 0.305. The number of hydrogen-bond donors (Lipinski definition) is 0. The first-order valence-electron chi connectivity index (χ1n) is 9.91. The van der Waals surface area contributed by atoms with Gasteiger partial charge in [-0.1, -0.05) is 19.0 Å². The van der Waals surface area contributed by atoms with Crippen LogP contribution < -0.4 is 4.74 Å². The highest BCUT2D eigenvalue weighted by molar-refractivity contribution is 5.63. The lowest BCUT2D eigenvalue weighted by Gasteiger charge is -2.30. The molecule has 0 saturated heterocycles. The molecular weight excluding hydrogens is 352 g/mol. The Bertz CT molecular complexity index is 1010. The molecule has 28 heavy (non-hydrogen) atoms. The Hall–Kier alpha value is -2.63. The van der Waals surface area contributed by atoms with Crippen molar-refractivity contribution in [1.29, 1.82) is 0 Å². The van der Waals surface area contributed by atoms with Crippen molar-refractivity contribution in [2.45, 2.75) is 60.4 Å². The fourth-order valence-electron chi connectivity index (χ4n) is 4.27. The van der Waals surface area contributed by atoms with E-state index in [0.29, 0.717) is 17.1 Å². The van der Waals surface area contributed by atoms with Gasteiger partial charge < -0.3 is 9.26 Å². The van der Waals surface area contributed by atoms with Gasteiger partial charge in [0.25, 0.3) is 5.89 Å². The topological polar surface area (TPSA) is 66.0 Å². The number of fused-ring (bicyclic) bond motifs is 1. The molecular formula is C22H28N4O2. The van der Waals surface area contributed by atoms with Gasteiger partial charge >= 0.3 is 0 Å². The quantitative estimate of drug-likeness (QED) is 0.653. The van der Waals surface area contributed by atoms with Gasteiger partial charge in [-0.15, -0.1) is 0 Å². The SMILES string of the molecule is CCn1nc(-c2noc(-c3cc(C)c(OC)c(C)c3)n2)c2c1CC(C)(C)CC2. The number of aryl methyl sites for hydroxylation is 3. The molecule has 1 aliphatic carbocycles. The number of methoxy groups -OCH3 is 1. The van der Waals surface area contributed by atoms with Crippen LogP contribution in [0.1, 0.15) is 49.6 Å². The number of ether oxygens (including phenoxy) is 1.